The number of aryl methyl sites for hydroxylation is 2. The molecule has 1 rings (SSSR count). The molecule has 2 N–H and O–H groups in total. The average Bonchev–Trinajstić information content (AvgIpc) is 2.70. The van der Waals surface area contributed by atoms with E-state index in [-0.39, 0.29) is 0 Å². The fourth-order valence-electron chi connectivity index (χ4n) is 1.98. The fourth-order valence-corrected chi connectivity index (χ4v) is 1.98. The molecule has 0 aliphatic rings. The molecule has 4 nitrogen and oxygen atoms in total. The van der Waals surface area contributed by atoms with Gasteiger partial charge < -0.3 is 5.73 Å². The highest BCUT2D eigenvalue weighted by Gasteiger charge is 2.13. The lowest BCUT2D eigenvalue weighted by atomic mass is 10.2. The van der Waals surface area contributed by atoms with E-state index in [1.807, 2.05) is 0 Å². The van der Waals surface area contributed by atoms with Gasteiger partial charge in [-0.05, 0) is 33.3 Å². The van der Waals surface area contributed by atoms with Gasteiger partial charge in [0.1, 0.15) is 0 Å². The number of nitrogens with zero attached hydrogens (tertiary/aromatic N) is 3. The summed E-state index contributed by atoms with van der Waals surface area (Å²) >= 11 is 0. The van der Waals surface area contributed by atoms with Crippen molar-refractivity contribution in [2.75, 3.05) is 13.1 Å². The minimum Gasteiger partial charge on any atom is -0.329 e. The molecule has 0 amide bonds. The number of aromatic nitrogens is 2. The smallest absolute Gasteiger partial charge is 0.0625 e. The third kappa shape index (κ3) is 3.82. The molecule has 0 saturated carbocycles. The Hall–Kier alpha value is -0.870. The maximum atomic E-state index is 5.66. The van der Waals surface area contributed by atoms with Crippen molar-refractivity contribution in [1.29, 1.82) is 0 Å². The van der Waals surface area contributed by atoms with Gasteiger partial charge in [0.05, 0.1) is 11.4 Å². The van der Waals surface area contributed by atoms with Crippen molar-refractivity contribution in [1.82, 2.24) is 14.7 Å². The molecule has 0 bridgehead atoms. The Morgan fingerprint density at radius 1 is 1.41 bits per heavy atom. The Morgan fingerprint density at radius 2 is 2.12 bits per heavy atom. The third-order valence-corrected chi connectivity index (χ3v) is 3.09. The molecule has 0 unspecified atom stereocenters. The maximum Gasteiger partial charge on any atom is 0.0625 e. The monoisotopic (exact) mass is 238 g/mol. The third-order valence-electron chi connectivity index (χ3n) is 3.09. The number of nitrogens with two attached hydrogens (primary N) is 1. The van der Waals surface area contributed by atoms with Gasteiger partial charge in [-0.15, -0.1) is 0 Å². The molecule has 0 saturated heterocycles. The molecule has 0 fully saturated rings. The molecule has 4 heteroatoms. The van der Waals surface area contributed by atoms with Crippen LogP contribution in [0, 0.1) is 0 Å². The lowest BCUT2D eigenvalue weighted by Gasteiger charge is -2.25. The van der Waals surface area contributed by atoms with Crippen LogP contribution in [0.5, 0.6) is 0 Å². The first-order valence-electron chi connectivity index (χ1n) is 6.62. The van der Waals surface area contributed by atoms with Crippen LogP contribution < -0.4 is 5.73 Å². The second kappa shape index (κ2) is 6.77. The molecule has 98 valence electrons. The fraction of sp³-hybridized carbons (Fsp3) is 0.769. The summed E-state index contributed by atoms with van der Waals surface area (Å²) in [6.45, 7) is 12.2. The number of hydrogen-bond donors (Lipinski definition) is 1. The summed E-state index contributed by atoms with van der Waals surface area (Å²) < 4.78 is 2.10. The summed E-state index contributed by atoms with van der Waals surface area (Å²) in [4.78, 5) is 2.39. The van der Waals surface area contributed by atoms with Gasteiger partial charge in [0, 0.05) is 32.2 Å². The van der Waals surface area contributed by atoms with E-state index in [0.29, 0.717) is 12.6 Å². The topological polar surface area (TPSA) is 47.1 Å². The largest absolute Gasteiger partial charge is 0.329 e. The van der Waals surface area contributed by atoms with E-state index >= 15 is 0 Å². The second-order valence-electron chi connectivity index (χ2n) is 4.65. The predicted molar refractivity (Wildman–Crippen MR) is 71.9 cm³/mol. The normalized spacial score (nSPS) is 11.7. The molecule has 0 aliphatic carbocycles. The van der Waals surface area contributed by atoms with Crippen LogP contribution in [0.4, 0.5) is 0 Å². The quantitative estimate of drug-likeness (QED) is 0.785. The van der Waals surface area contributed by atoms with Gasteiger partial charge in [-0.2, -0.15) is 5.10 Å². The molecule has 1 aromatic heterocycles. The van der Waals surface area contributed by atoms with E-state index < -0.39 is 0 Å². The first kappa shape index (κ1) is 14.2. The van der Waals surface area contributed by atoms with Crippen LogP contribution in [0.15, 0.2) is 6.07 Å². The van der Waals surface area contributed by atoms with Crippen LogP contribution in [0.3, 0.4) is 0 Å². The van der Waals surface area contributed by atoms with Crippen molar-refractivity contribution < 1.29 is 0 Å². The van der Waals surface area contributed by atoms with Crippen LogP contribution in [0.2, 0.25) is 0 Å². The van der Waals surface area contributed by atoms with Gasteiger partial charge in [-0.1, -0.05) is 6.92 Å². The number of rotatable bonds is 7. The lowest BCUT2D eigenvalue weighted by Crippen LogP contribution is -2.35. The molecule has 0 spiro atoms. The zero-order valence-corrected chi connectivity index (χ0v) is 11.6. The summed E-state index contributed by atoms with van der Waals surface area (Å²) in [6, 6.07) is 2.74. The molecule has 0 aromatic carbocycles. The van der Waals surface area contributed by atoms with Crippen LogP contribution in [0.25, 0.3) is 0 Å². The van der Waals surface area contributed by atoms with Gasteiger partial charge in [-0.25, -0.2) is 0 Å². The molecule has 1 heterocycles. The van der Waals surface area contributed by atoms with Crippen LogP contribution >= 0.6 is 0 Å². The SMILES string of the molecule is CCc1cc(CN(CCN)C(C)C)n(CC)n1. The van der Waals surface area contributed by atoms with E-state index in [1.54, 1.807) is 0 Å². The van der Waals surface area contributed by atoms with Gasteiger partial charge in [0.2, 0.25) is 0 Å². The Kier molecular flexibility index (Phi) is 5.65. The summed E-state index contributed by atoms with van der Waals surface area (Å²) in [5.41, 5.74) is 8.14. The van der Waals surface area contributed by atoms with Crippen molar-refractivity contribution >= 4 is 0 Å². The highest BCUT2D eigenvalue weighted by atomic mass is 15.3. The molecular formula is C13H26N4. The predicted octanol–water partition coefficient (Wildman–Crippen LogP) is 1.63. The van der Waals surface area contributed by atoms with E-state index in [1.165, 1.54) is 11.4 Å². The lowest BCUT2D eigenvalue weighted by molar-refractivity contribution is 0.213. The Bertz CT molecular complexity index is 330. The summed E-state index contributed by atoms with van der Waals surface area (Å²) in [5, 5.41) is 4.58. The average molecular weight is 238 g/mol. The van der Waals surface area contributed by atoms with Gasteiger partial charge in [0.15, 0.2) is 0 Å². The molecule has 0 atom stereocenters. The summed E-state index contributed by atoms with van der Waals surface area (Å²) in [6.07, 6.45) is 0.999. The van der Waals surface area contributed by atoms with Crippen molar-refractivity contribution in [3.05, 3.63) is 17.5 Å². The summed E-state index contributed by atoms with van der Waals surface area (Å²) in [7, 11) is 0. The van der Waals surface area contributed by atoms with Crippen molar-refractivity contribution in [3.8, 4) is 0 Å². The zero-order chi connectivity index (χ0) is 12.8. The Morgan fingerprint density at radius 3 is 2.59 bits per heavy atom. The highest BCUT2D eigenvalue weighted by Crippen LogP contribution is 2.11. The van der Waals surface area contributed by atoms with Crippen LogP contribution in [-0.4, -0.2) is 33.8 Å². The van der Waals surface area contributed by atoms with Crippen molar-refractivity contribution in [2.24, 2.45) is 5.73 Å². The van der Waals surface area contributed by atoms with E-state index in [0.717, 1.165) is 26.1 Å². The molecule has 1 aromatic rings. The zero-order valence-electron chi connectivity index (χ0n) is 11.6. The van der Waals surface area contributed by atoms with Gasteiger partial charge in [0.25, 0.3) is 0 Å². The Balaban J connectivity index is 2.80. The standard InChI is InChI=1S/C13H26N4/c1-5-12-9-13(17(6-2)15-12)10-16(8-7-14)11(3)4/h9,11H,5-8,10,14H2,1-4H3. The first-order valence-corrected chi connectivity index (χ1v) is 6.62. The molecule has 0 radical (unpaired) electrons. The van der Waals surface area contributed by atoms with Crippen LogP contribution in [0.1, 0.15) is 39.1 Å². The number of hydrogen-bond acceptors (Lipinski definition) is 3. The Labute approximate surface area is 105 Å². The van der Waals surface area contributed by atoms with Crippen LogP contribution in [-0.2, 0) is 19.5 Å². The van der Waals surface area contributed by atoms with Crippen molar-refractivity contribution in [2.45, 2.75) is 53.2 Å². The second-order valence-corrected chi connectivity index (χ2v) is 4.65. The van der Waals surface area contributed by atoms with Gasteiger partial charge >= 0.3 is 0 Å². The van der Waals surface area contributed by atoms with Crippen molar-refractivity contribution in [3.63, 3.8) is 0 Å². The highest BCUT2D eigenvalue weighted by molar-refractivity contribution is 5.10. The summed E-state index contributed by atoms with van der Waals surface area (Å²) in [5.74, 6) is 0. The van der Waals surface area contributed by atoms with Gasteiger partial charge in [-0.3, -0.25) is 9.58 Å². The minimum atomic E-state index is 0.517. The first-order chi connectivity index (χ1) is 8.12. The van der Waals surface area contributed by atoms with E-state index in [4.69, 9.17) is 5.73 Å². The molecular weight excluding hydrogens is 212 g/mol. The van der Waals surface area contributed by atoms with E-state index in [2.05, 4.69) is 48.4 Å². The molecule has 17 heavy (non-hydrogen) atoms. The van der Waals surface area contributed by atoms with E-state index in [9.17, 15) is 0 Å². The maximum absolute atomic E-state index is 5.66. The molecule has 0 aliphatic heterocycles. The minimum absolute atomic E-state index is 0.517.